The fourth-order valence-corrected chi connectivity index (χ4v) is 1.63. The van der Waals surface area contributed by atoms with E-state index in [1.165, 1.54) is 0 Å². The van der Waals surface area contributed by atoms with Gasteiger partial charge in [0.2, 0.25) is 0 Å². The highest BCUT2D eigenvalue weighted by Gasteiger charge is 2.16. The number of carbonyl (C=O) groups excluding carboxylic acids is 1. The molecule has 0 aliphatic carbocycles. The van der Waals surface area contributed by atoms with Crippen LogP contribution in [0.3, 0.4) is 0 Å². The van der Waals surface area contributed by atoms with Crippen LogP contribution in [0.1, 0.15) is 46.5 Å². The second-order valence-electron chi connectivity index (χ2n) is 3.91. The molecule has 0 aliphatic heterocycles. The first-order chi connectivity index (χ1) is 6.15. The summed E-state index contributed by atoms with van der Waals surface area (Å²) in [6.45, 7) is 6.83. The Morgan fingerprint density at radius 1 is 1.38 bits per heavy atom. The molecule has 0 radical (unpaired) electrons. The lowest BCUT2D eigenvalue weighted by Gasteiger charge is -2.14. The van der Waals surface area contributed by atoms with E-state index >= 15 is 0 Å². The number of ketones is 1. The first kappa shape index (κ1) is 12.6. The van der Waals surface area contributed by atoms with Gasteiger partial charge in [0.25, 0.3) is 0 Å². The second kappa shape index (κ2) is 7.07. The van der Waals surface area contributed by atoms with E-state index in [1.807, 2.05) is 6.92 Å². The Kier molecular flexibility index (Phi) is 6.87. The van der Waals surface area contributed by atoms with Gasteiger partial charge in [0.05, 0.1) is 0 Å². The van der Waals surface area contributed by atoms with E-state index in [0.717, 1.165) is 19.3 Å². The fourth-order valence-electron chi connectivity index (χ4n) is 1.63. The van der Waals surface area contributed by atoms with Gasteiger partial charge in [-0.05, 0) is 12.3 Å². The second-order valence-corrected chi connectivity index (χ2v) is 3.91. The zero-order valence-electron chi connectivity index (χ0n) is 9.18. The molecular weight excluding hydrogens is 162 g/mol. The van der Waals surface area contributed by atoms with Crippen molar-refractivity contribution in [3.05, 3.63) is 0 Å². The topological polar surface area (TPSA) is 43.1 Å². The summed E-state index contributed by atoms with van der Waals surface area (Å²) in [7, 11) is 0. The molecule has 2 unspecified atom stereocenters. The van der Waals surface area contributed by atoms with Crippen LogP contribution < -0.4 is 5.73 Å². The molecule has 0 fully saturated rings. The third kappa shape index (κ3) is 5.04. The third-order valence-corrected chi connectivity index (χ3v) is 2.56. The zero-order chi connectivity index (χ0) is 10.3. The molecule has 0 saturated carbocycles. The van der Waals surface area contributed by atoms with Gasteiger partial charge in [-0.25, -0.2) is 0 Å². The van der Waals surface area contributed by atoms with Crippen LogP contribution in [-0.4, -0.2) is 12.3 Å². The summed E-state index contributed by atoms with van der Waals surface area (Å²) in [5.41, 5.74) is 5.51. The largest absolute Gasteiger partial charge is 0.330 e. The van der Waals surface area contributed by atoms with E-state index in [4.69, 9.17) is 5.73 Å². The van der Waals surface area contributed by atoms with Gasteiger partial charge in [-0.2, -0.15) is 0 Å². The molecule has 0 rings (SSSR count). The highest BCUT2D eigenvalue weighted by Crippen LogP contribution is 2.14. The molecule has 2 atom stereocenters. The predicted octanol–water partition coefficient (Wildman–Crippen LogP) is 2.37. The summed E-state index contributed by atoms with van der Waals surface area (Å²) in [5.74, 6) is 0.975. The Bertz CT molecular complexity index is 141. The Labute approximate surface area is 81.9 Å². The Morgan fingerprint density at radius 3 is 2.38 bits per heavy atom. The molecular formula is C11H23NO. The number of Topliss-reactive ketones (excluding diaryl/α,β-unsaturated/α-hetero) is 1. The maximum Gasteiger partial charge on any atom is 0.137 e. The molecule has 0 amide bonds. The van der Waals surface area contributed by atoms with Gasteiger partial charge in [-0.1, -0.05) is 33.6 Å². The van der Waals surface area contributed by atoms with Gasteiger partial charge in [-0.3, -0.25) is 4.79 Å². The van der Waals surface area contributed by atoms with Crippen LogP contribution >= 0.6 is 0 Å². The summed E-state index contributed by atoms with van der Waals surface area (Å²) in [6, 6.07) is 0. The van der Waals surface area contributed by atoms with Gasteiger partial charge in [-0.15, -0.1) is 0 Å². The molecule has 2 heteroatoms. The third-order valence-electron chi connectivity index (χ3n) is 2.56. The molecule has 2 nitrogen and oxygen atoms in total. The minimum absolute atomic E-state index is 0.0966. The molecule has 0 heterocycles. The SMILES string of the molecule is CCCC(C)CC(=O)C(CC)CN. The van der Waals surface area contributed by atoms with Crippen molar-refractivity contribution < 1.29 is 4.79 Å². The van der Waals surface area contributed by atoms with Crippen molar-refractivity contribution in [2.75, 3.05) is 6.54 Å². The van der Waals surface area contributed by atoms with Crippen LogP contribution in [0.5, 0.6) is 0 Å². The molecule has 13 heavy (non-hydrogen) atoms. The summed E-state index contributed by atoms with van der Waals surface area (Å²) in [4.78, 5) is 11.6. The lowest BCUT2D eigenvalue weighted by atomic mass is 9.91. The maximum atomic E-state index is 11.6. The number of hydrogen-bond acceptors (Lipinski definition) is 2. The molecule has 0 spiro atoms. The number of rotatable bonds is 7. The first-order valence-electron chi connectivity index (χ1n) is 5.38. The standard InChI is InChI=1S/C11H23NO/c1-4-6-9(3)7-11(13)10(5-2)8-12/h9-10H,4-8,12H2,1-3H3. The molecule has 0 saturated heterocycles. The Balaban J connectivity index is 3.83. The van der Waals surface area contributed by atoms with Crippen LogP contribution in [-0.2, 0) is 4.79 Å². The van der Waals surface area contributed by atoms with Crippen LogP contribution in [0.25, 0.3) is 0 Å². The number of hydrogen-bond donors (Lipinski definition) is 1. The smallest absolute Gasteiger partial charge is 0.137 e. The zero-order valence-corrected chi connectivity index (χ0v) is 9.18. The van der Waals surface area contributed by atoms with E-state index in [0.29, 0.717) is 24.7 Å². The summed E-state index contributed by atoms with van der Waals surface area (Å²) < 4.78 is 0. The van der Waals surface area contributed by atoms with Crippen LogP contribution in [0.2, 0.25) is 0 Å². The lowest BCUT2D eigenvalue weighted by Crippen LogP contribution is -2.24. The molecule has 0 aliphatic rings. The van der Waals surface area contributed by atoms with E-state index in [2.05, 4.69) is 13.8 Å². The summed E-state index contributed by atoms with van der Waals surface area (Å²) in [5, 5.41) is 0. The van der Waals surface area contributed by atoms with Crippen LogP contribution in [0.4, 0.5) is 0 Å². The average molecular weight is 185 g/mol. The van der Waals surface area contributed by atoms with Crippen LogP contribution in [0.15, 0.2) is 0 Å². The van der Waals surface area contributed by atoms with E-state index in [1.54, 1.807) is 0 Å². The Morgan fingerprint density at radius 2 is 2.00 bits per heavy atom. The highest BCUT2D eigenvalue weighted by molar-refractivity contribution is 5.81. The average Bonchev–Trinajstić information content (AvgIpc) is 2.06. The summed E-state index contributed by atoms with van der Waals surface area (Å²) in [6.07, 6.45) is 3.90. The summed E-state index contributed by atoms with van der Waals surface area (Å²) >= 11 is 0. The monoisotopic (exact) mass is 185 g/mol. The van der Waals surface area contributed by atoms with Crippen molar-refractivity contribution in [2.45, 2.75) is 46.5 Å². The van der Waals surface area contributed by atoms with Crippen molar-refractivity contribution >= 4 is 5.78 Å². The molecule has 0 aromatic heterocycles. The van der Waals surface area contributed by atoms with Gasteiger partial charge >= 0.3 is 0 Å². The minimum atomic E-state index is 0.0966. The minimum Gasteiger partial charge on any atom is -0.330 e. The van der Waals surface area contributed by atoms with Crippen molar-refractivity contribution in [1.82, 2.24) is 0 Å². The normalized spacial score (nSPS) is 15.4. The van der Waals surface area contributed by atoms with Gasteiger partial charge in [0.1, 0.15) is 5.78 Å². The van der Waals surface area contributed by atoms with Gasteiger partial charge in [0.15, 0.2) is 0 Å². The molecule has 0 bridgehead atoms. The van der Waals surface area contributed by atoms with E-state index < -0.39 is 0 Å². The van der Waals surface area contributed by atoms with Gasteiger partial charge < -0.3 is 5.73 Å². The maximum absolute atomic E-state index is 11.6. The highest BCUT2D eigenvalue weighted by atomic mass is 16.1. The number of nitrogens with two attached hydrogens (primary N) is 1. The van der Waals surface area contributed by atoms with Gasteiger partial charge in [0, 0.05) is 18.9 Å². The number of carbonyl (C=O) groups is 1. The van der Waals surface area contributed by atoms with Crippen LogP contribution in [0, 0.1) is 11.8 Å². The first-order valence-corrected chi connectivity index (χ1v) is 5.38. The quantitative estimate of drug-likeness (QED) is 0.661. The lowest BCUT2D eigenvalue weighted by molar-refractivity contribution is -0.123. The molecule has 2 N–H and O–H groups in total. The Hall–Kier alpha value is -0.370. The van der Waals surface area contributed by atoms with Crippen molar-refractivity contribution in [2.24, 2.45) is 17.6 Å². The van der Waals surface area contributed by atoms with Crippen molar-refractivity contribution in [3.8, 4) is 0 Å². The van der Waals surface area contributed by atoms with E-state index in [-0.39, 0.29) is 5.92 Å². The molecule has 0 aromatic carbocycles. The predicted molar refractivity (Wildman–Crippen MR) is 56.5 cm³/mol. The van der Waals surface area contributed by atoms with Crippen molar-refractivity contribution in [1.29, 1.82) is 0 Å². The molecule has 78 valence electrons. The fraction of sp³-hybridized carbons (Fsp3) is 0.909. The van der Waals surface area contributed by atoms with E-state index in [9.17, 15) is 4.79 Å². The van der Waals surface area contributed by atoms with Crippen molar-refractivity contribution in [3.63, 3.8) is 0 Å². The molecule has 0 aromatic rings.